The van der Waals surface area contributed by atoms with Crippen LogP contribution in [0.2, 0.25) is 0 Å². The number of hydrogen-bond donors (Lipinski definition) is 2. The average molecular weight is 309 g/mol. The van der Waals surface area contributed by atoms with Crippen molar-refractivity contribution in [1.29, 1.82) is 0 Å². The van der Waals surface area contributed by atoms with Crippen LogP contribution in [0.1, 0.15) is 26.5 Å². The Bertz CT molecular complexity index is 509. The molecule has 0 bridgehead atoms. The summed E-state index contributed by atoms with van der Waals surface area (Å²) in [5.74, 6) is 1.44. The van der Waals surface area contributed by atoms with Gasteiger partial charge in [-0.1, -0.05) is 0 Å². The van der Waals surface area contributed by atoms with Gasteiger partial charge in [0.1, 0.15) is 5.82 Å². The van der Waals surface area contributed by atoms with Crippen molar-refractivity contribution in [2.75, 3.05) is 36.5 Å². The van der Waals surface area contributed by atoms with Gasteiger partial charge in [0.05, 0.1) is 13.2 Å². The van der Waals surface area contributed by atoms with Gasteiger partial charge in [-0.15, -0.1) is 0 Å². The zero-order chi connectivity index (χ0) is 15.5. The van der Waals surface area contributed by atoms with Gasteiger partial charge >= 0.3 is 0 Å². The van der Waals surface area contributed by atoms with Crippen LogP contribution in [0, 0.1) is 6.92 Å². The van der Waals surface area contributed by atoms with Crippen molar-refractivity contribution >= 4 is 29.1 Å². The van der Waals surface area contributed by atoms with Crippen LogP contribution in [0.4, 0.5) is 11.8 Å². The van der Waals surface area contributed by atoms with E-state index in [0.717, 1.165) is 37.8 Å². The minimum absolute atomic E-state index is 0.0963. The molecule has 0 saturated carbocycles. The van der Waals surface area contributed by atoms with Crippen LogP contribution in [0.15, 0.2) is 6.07 Å². The predicted octanol–water partition coefficient (Wildman–Crippen LogP) is 1.71. The molecule has 116 valence electrons. The molecule has 0 atom stereocenters. The molecule has 6 nitrogen and oxygen atoms in total. The van der Waals surface area contributed by atoms with Gasteiger partial charge in [-0.05, 0) is 39.9 Å². The average Bonchev–Trinajstić information content (AvgIpc) is 2.36. The number of rotatable bonds is 2. The number of hydrogen-bond acceptors (Lipinski definition) is 5. The third-order valence-corrected chi connectivity index (χ3v) is 3.09. The van der Waals surface area contributed by atoms with Crippen molar-refractivity contribution in [2.24, 2.45) is 0 Å². The second-order valence-corrected chi connectivity index (χ2v) is 6.53. The lowest BCUT2D eigenvalue weighted by Crippen LogP contribution is -2.43. The third kappa shape index (κ3) is 5.09. The molecule has 1 saturated heterocycles. The van der Waals surface area contributed by atoms with Crippen LogP contribution in [-0.2, 0) is 4.74 Å². The van der Waals surface area contributed by atoms with Crippen LogP contribution in [0.5, 0.6) is 0 Å². The van der Waals surface area contributed by atoms with Gasteiger partial charge < -0.3 is 20.3 Å². The van der Waals surface area contributed by atoms with Crippen LogP contribution < -0.4 is 15.5 Å². The highest BCUT2D eigenvalue weighted by atomic mass is 32.1. The smallest absolute Gasteiger partial charge is 0.231 e. The SMILES string of the molecule is Cc1cc(N2CCOCC2)nc(NC(=S)NC(C)(C)C)n1. The van der Waals surface area contributed by atoms with E-state index in [0.29, 0.717) is 11.1 Å². The van der Waals surface area contributed by atoms with Gasteiger partial charge in [-0.3, -0.25) is 0 Å². The fourth-order valence-electron chi connectivity index (χ4n) is 2.04. The van der Waals surface area contributed by atoms with E-state index in [1.54, 1.807) is 0 Å². The van der Waals surface area contributed by atoms with Gasteiger partial charge in [0.25, 0.3) is 0 Å². The molecule has 1 fully saturated rings. The highest BCUT2D eigenvalue weighted by molar-refractivity contribution is 7.80. The second-order valence-electron chi connectivity index (χ2n) is 6.12. The monoisotopic (exact) mass is 309 g/mol. The van der Waals surface area contributed by atoms with Gasteiger partial charge in [-0.25, -0.2) is 4.98 Å². The highest BCUT2D eigenvalue weighted by Gasteiger charge is 2.16. The first-order valence-electron chi connectivity index (χ1n) is 7.11. The quantitative estimate of drug-likeness (QED) is 0.806. The fraction of sp³-hybridized carbons (Fsp3) is 0.643. The Balaban J connectivity index is 2.09. The van der Waals surface area contributed by atoms with Crippen molar-refractivity contribution in [3.05, 3.63) is 11.8 Å². The van der Waals surface area contributed by atoms with Gasteiger partial charge in [0.15, 0.2) is 5.11 Å². The maximum Gasteiger partial charge on any atom is 0.231 e. The summed E-state index contributed by atoms with van der Waals surface area (Å²) in [7, 11) is 0. The Hall–Kier alpha value is -1.47. The predicted molar refractivity (Wildman–Crippen MR) is 88.9 cm³/mol. The number of ether oxygens (including phenoxy) is 1. The number of nitrogens with one attached hydrogen (secondary N) is 2. The van der Waals surface area contributed by atoms with Crippen molar-refractivity contribution in [3.63, 3.8) is 0 Å². The Morgan fingerprint density at radius 3 is 2.57 bits per heavy atom. The van der Waals surface area contributed by atoms with Gasteiger partial charge in [0.2, 0.25) is 5.95 Å². The summed E-state index contributed by atoms with van der Waals surface area (Å²) in [5, 5.41) is 6.78. The largest absolute Gasteiger partial charge is 0.378 e. The van der Waals surface area contributed by atoms with Gasteiger partial charge in [0, 0.05) is 30.4 Å². The Morgan fingerprint density at radius 1 is 1.29 bits per heavy atom. The minimum atomic E-state index is -0.0963. The summed E-state index contributed by atoms with van der Waals surface area (Å²) in [6.45, 7) is 11.3. The first-order chi connectivity index (χ1) is 9.83. The van der Waals surface area contributed by atoms with E-state index in [1.807, 2.05) is 13.0 Å². The Kier molecular flexibility index (Phi) is 4.95. The summed E-state index contributed by atoms with van der Waals surface area (Å²) in [5.41, 5.74) is 0.813. The Morgan fingerprint density at radius 2 is 1.95 bits per heavy atom. The highest BCUT2D eigenvalue weighted by Crippen LogP contribution is 2.16. The van der Waals surface area contributed by atoms with Crippen molar-refractivity contribution in [3.8, 4) is 0 Å². The first-order valence-corrected chi connectivity index (χ1v) is 7.52. The van der Waals surface area contributed by atoms with E-state index >= 15 is 0 Å². The fourth-order valence-corrected chi connectivity index (χ4v) is 2.43. The number of thiocarbonyl (C=S) groups is 1. The molecule has 0 amide bonds. The van der Waals surface area contributed by atoms with Crippen molar-refractivity contribution in [2.45, 2.75) is 33.2 Å². The lowest BCUT2D eigenvalue weighted by atomic mass is 10.1. The van der Waals surface area contributed by atoms with Crippen LogP contribution in [-0.4, -0.2) is 46.9 Å². The molecule has 0 aromatic carbocycles. The van der Waals surface area contributed by atoms with Crippen LogP contribution in [0.3, 0.4) is 0 Å². The molecule has 2 rings (SSSR count). The summed E-state index contributed by atoms with van der Waals surface area (Å²) in [4.78, 5) is 11.1. The molecule has 0 radical (unpaired) electrons. The standard InChI is InChI=1S/C14H23N5OS/c1-10-9-11(19-5-7-20-8-6-19)16-12(15-10)17-13(21)18-14(2,3)4/h9H,5-8H2,1-4H3,(H2,15,16,17,18,21). The molecule has 21 heavy (non-hydrogen) atoms. The van der Waals surface area contributed by atoms with Crippen LogP contribution >= 0.6 is 12.2 Å². The maximum absolute atomic E-state index is 5.37. The topological polar surface area (TPSA) is 62.3 Å². The van der Waals surface area contributed by atoms with Crippen LogP contribution in [0.25, 0.3) is 0 Å². The molecule has 1 aromatic heterocycles. The lowest BCUT2D eigenvalue weighted by molar-refractivity contribution is 0.122. The molecule has 1 aromatic rings. The lowest BCUT2D eigenvalue weighted by Gasteiger charge is -2.28. The van der Waals surface area contributed by atoms with E-state index in [2.05, 4.69) is 46.3 Å². The number of aromatic nitrogens is 2. The summed E-state index contributed by atoms with van der Waals surface area (Å²) in [6, 6.07) is 1.98. The molecule has 1 aliphatic heterocycles. The summed E-state index contributed by atoms with van der Waals surface area (Å²) < 4.78 is 5.37. The van der Waals surface area contributed by atoms with E-state index in [4.69, 9.17) is 17.0 Å². The summed E-state index contributed by atoms with van der Waals surface area (Å²) in [6.07, 6.45) is 0. The summed E-state index contributed by atoms with van der Waals surface area (Å²) >= 11 is 5.29. The number of aryl methyl sites for hydroxylation is 1. The Labute approximate surface area is 131 Å². The second kappa shape index (κ2) is 6.53. The molecule has 0 aliphatic carbocycles. The molecular formula is C14H23N5OS. The van der Waals surface area contributed by atoms with E-state index in [9.17, 15) is 0 Å². The van der Waals surface area contributed by atoms with Gasteiger partial charge in [-0.2, -0.15) is 4.98 Å². The molecule has 0 spiro atoms. The molecule has 2 N–H and O–H groups in total. The number of anilines is 2. The molecule has 0 unspecified atom stereocenters. The van der Waals surface area contributed by atoms with E-state index in [-0.39, 0.29) is 5.54 Å². The number of morpholine rings is 1. The minimum Gasteiger partial charge on any atom is -0.378 e. The third-order valence-electron chi connectivity index (χ3n) is 2.89. The first kappa shape index (κ1) is 15.9. The zero-order valence-electron chi connectivity index (χ0n) is 13.1. The van der Waals surface area contributed by atoms with Crippen molar-refractivity contribution in [1.82, 2.24) is 15.3 Å². The number of nitrogens with zero attached hydrogens (tertiary/aromatic N) is 3. The molecule has 1 aliphatic rings. The molecule has 2 heterocycles. The van der Waals surface area contributed by atoms with E-state index < -0.39 is 0 Å². The van der Waals surface area contributed by atoms with Crippen molar-refractivity contribution < 1.29 is 4.74 Å². The maximum atomic E-state index is 5.37. The zero-order valence-corrected chi connectivity index (χ0v) is 13.9. The van der Waals surface area contributed by atoms with E-state index in [1.165, 1.54) is 0 Å². The normalized spacial score (nSPS) is 15.7. The molecular weight excluding hydrogens is 286 g/mol. The molecule has 7 heteroatoms.